The van der Waals surface area contributed by atoms with Gasteiger partial charge in [-0.2, -0.15) is 0 Å². The molecule has 0 saturated carbocycles. The van der Waals surface area contributed by atoms with Gasteiger partial charge in [0.2, 0.25) is 5.91 Å². The van der Waals surface area contributed by atoms with E-state index < -0.39 is 0 Å². The summed E-state index contributed by atoms with van der Waals surface area (Å²) in [6.07, 6.45) is 4.21. The summed E-state index contributed by atoms with van der Waals surface area (Å²) in [5.74, 6) is 1.20. The molecule has 2 rings (SSSR count). The van der Waals surface area contributed by atoms with Gasteiger partial charge in [-0.05, 0) is 45.3 Å². The Morgan fingerprint density at radius 2 is 2.00 bits per heavy atom. The smallest absolute Gasteiger partial charge is 0.223 e. The molecule has 4 nitrogen and oxygen atoms in total. The topological polar surface area (TPSA) is 43.8 Å². The fourth-order valence-corrected chi connectivity index (χ4v) is 2.88. The SMILES string of the molecule is CN1CCC(CCN2CC(CO)CC2=O)CC1. The molecule has 98 valence electrons. The van der Waals surface area contributed by atoms with Crippen LogP contribution < -0.4 is 0 Å². The van der Waals surface area contributed by atoms with E-state index in [1.807, 2.05) is 4.90 Å². The second-order valence-corrected chi connectivity index (χ2v) is 5.63. The first-order valence-corrected chi connectivity index (χ1v) is 6.76. The molecule has 2 saturated heterocycles. The van der Waals surface area contributed by atoms with Crippen LogP contribution in [0.15, 0.2) is 0 Å². The lowest BCUT2D eigenvalue weighted by molar-refractivity contribution is -0.127. The Hall–Kier alpha value is -0.610. The largest absolute Gasteiger partial charge is 0.396 e. The molecular formula is C13H24N2O2. The van der Waals surface area contributed by atoms with E-state index in [1.165, 1.54) is 25.9 Å². The van der Waals surface area contributed by atoms with Gasteiger partial charge in [-0.15, -0.1) is 0 Å². The standard InChI is InChI=1S/C13H24N2O2/c1-14-5-2-11(3-6-14)4-7-15-9-12(10-16)8-13(15)17/h11-12,16H,2-10H2,1H3. The number of piperidine rings is 1. The van der Waals surface area contributed by atoms with E-state index in [2.05, 4.69) is 11.9 Å². The molecule has 1 atom stereocenters. The van der Waals surface area contributed by atoms with Crippen molar-refractivity contribution in [2.24, 2.45) is 11.8 Å². The highest BCUT2D eigenvalue weighted by Gasteiger charge is 2.29. The minimum atomic E-state index is 0.149. The van der Waals surface area contributed by atoms with Crippen molar-refractivity contribution in [1.29, 1.82) is 0 Å². The van der Waals surface area contributed by atoms with Crippen LogP contribution in [0.25, 0.3) is 0 Å². The summed E-state index contributed by atoms with van der Waals surface area (Å²) in [4.78, 5) is 16.0. The number of carbonyl (C=O) groups excluding carboxylic acids is 1. The van der Waals surface area contributed by atoms with E-state index in [0.717, 1.165) is 25.4 Å². The number of aliphatic hydroxyl groups excluding tert-OH is 1. The van der Waals surface area contributed by atoms with Crippen LogP contribution in [0.4, 0.5) is 0 Å². The molecule has 1 unspecified atom stereocenters. The van der Waals surface area contributed by atoms with Crippen molar-refractivity contribution in [3.05, 3.63) is 0 Å². The van der Waals surface area contributed by atoms with Crippen molar-refractivity contribution < 1.29 is 9.90 Å². The van der Waals surface area contributed by atoms with Crippen LogP contribution in [0, 0.1) is 11.8 Å². The van der Waals surface area contributed by atoms with E-state index in [4.69, 9.17) is 5.11 Å². The number of hydrogen-bond acceptors (Lipinski definition) is 3. The molecule has 2 aliphatic heterocycles. The fourth-order valence-electron chi connectivity index (χ4n) is 2.88. The predicted molar refractivity (Wildman–Crippen MR) is 66.6 cm³/mol. The summed E-state index contributed by atoms with van der Waals surface area (Å²) in [5, 5.41) is 9.06. The zero-order valence-corrected chi connectivity index (χ0v) is 10.8. The third-order valence-electron chi connectivity index (χ3n) is 4.20. The first kappa shape index (κ1) is 12.8. The number of carbonyl (C=O) groups is 1. The van der Waals surface area contributed by atoms with E-state index in [0.29, 0.717) is 6.42 Å². The van der Waals surface area contributed by atoms with Gasteiger partial charge in [0.05, 0.1) is 0 Å². The van der Waals surface area contributed by atoms with Gasteiger partial charge >= 0.3 is 0 Å². The number of nitrogens with zero attached hydrogens (tertiary/aromatic N) is 2. The maximum absolute atomic E-state index is 11.7. The highest BCUT2D eigenvalue weighted by Crippen LogP contribution is 2.22. The van der Waals surface area contributed by atoms with E-state index in [1.54, 1.807) is 0 Å². The van der Waals surface area contributed by atoms with Crippen LogP contribution in [-0.4, -0.2) is 60.6 Å². The number of hydrogen-bond donors (Lipinski definition) is 1. The van der Waals surface area contributed by atoms with Gasteiger partial charge in [0.15, 0.2) is 0 Å². The van der Waals surface area contributed by atoms with E-state index in [-0.39, 0.29) is 18.4 Å². The number of rotatable bonds is 4. The maximum atomic E-state index is 11.7. The molecule has 0 aliphatic carbocycles. The zero-order valence-electron chi connectivity index (χ0n) is 10.8. The first-order chi connectivity index (χ1) is 8.19. The van der Waals surface area contributed by atoms with E-state index >= 15 is 0 Å². The molecule has 4 heteroatoms. The Morgan fingerprint density at radius 1 is 1.29 bits per heavy atom. The molecule has 17 heavy (non-hydrogen) atoms. The van der Waals surface area contributed by atoms with Gasteiger partial charge in [0.1, 0.15) is 0 Å². The number of aliphatic hydroxyl groups is 1. The van der Waals surface area contributed by atoms with Crippen molar-refractivity contribution in [3.63, 3.8) is 0 Å². The van der Waals surface area contributed by atoms with Gasteiger partial charge in [-0.3, -0.25) is 4.79 Å². The molecule has 0 aromatic heterocycles. The lowest BCUT2D eigenvalue weighted by Gasteiger charge is -2.30. The molecular weight excluding hydrogens is 216 g/mol. The first-order valence-electron chi connectivity index (χ1n) is 6.76. The second-order valence-electron chi connectivity index (χ2n) is 5.63. The second kappa shape index (κ2) is 5.83. The zero-order chi connectivity index (χ0) is 12.3. The molecule has 1 N–H and O–H groups in total. The molecule has 0 aromatic carbocycles. The van der Waals surface area contributed by atoms with E-state index in [9.17, 15) is 4.79 Å². The lowest BCUT2D eigenvalue weighted by atomic mass is 9.94. The maximum Gasteiger partial charge on any atom is 0.223 e. The molecule has 0 aromatic rings. The van der Waals surface area contributed by atoms with Crippen molar-refractivity contribution in [2.45, 2.75) is 25.7 Å². The minimum absolute atomic E-state index is 0.149. The van der Waals surface area contributed by atoms with Crippen LogP contribution in [0.5, 0.6) is 0 Å². The Kier molecular flexibility index (Phi) is 4.40. The normalized spacial score (nSPS) is 28.0. The van der Waals surface area contributed by atoms with Gasteiger partial charge in [-0.1, -0.05) is 0 Å². The molecule has 2 aliphatic rings. The van der Waals surface area contributed by atoms with Crippen molar-refractivity contribution >= 4 is 5.91 Å². The fraction of sp³-hybridized carbons (Fsp3) is 0.923. The molecule has 0 spiro atoms. The van der Waals surface area contributed by atoms with Crippen LogP contribution in [-0.2, 0) is 4.79 Å². The quantitative estimate of drug-likeness (QED) is 0.781. The summed E-state index contributed by atoms with van der Waals surface area (Å²) in [6.45, 7) is 4.19. The molecule has 2 heterocycles. The molecule has 1 amide bonds. The third kappa shape index (κ3) is 3.42. The van der Waals surface area contributed by atoms with Crippen LogP contribution in [0.3, 0.4) is 0 Å². The van der Waals surface area contributed by atoms with Gasteiger partial charge in [0, 0.05) is 32.0 Å². The van der Waals surface area contributed by atoms with Gasteiger partial charge < -0.3 is 14.9 Å². The van der Waals surface area contributed by atoms with Gasteiger partial charge in [-0.25, -0.2) is 0 Å². The van der Waals surface area contributed by atoms with Crippen molar-refractivity contribution in [2.75, 3.05) is 39.8 Å². The number of amides is 1. The average Bonchev–Trinajstić information content (AvgIpc) is 2.69. The summed E-state index contributed by atoms with van der Waals surface area (Å²) < 4.78 is 0. The van der Waals surface area contributed by atoms with Crippen molar-refractivity contribution in [1.82, 2.24) is 9.80 Å². The summed E-state index contributed by atoms with van der Waals surface area (Å²) in [6, 6.07) is 0. The Labute approximate surface area is 104 Å². The Morgan fingerprint density at radius 3 is 2.59 bits per heavy atom. The van der Waals surface area contributed by atoms with Crippen LogP contribution in [0.1, 0.15) is 25.7 Å². The third-order valence-corrected chi connectivity index (χ3v) is 4.20. The van der Waals surface area contributed by atoms with Gasteiger partial charge in [0.25, 0.3) is 0 Å². The monoisotopic (exact) mass is 240 g/mol. The summed E-state index contributed by atoms with van der Waals surface area (Å²) in [7, 11) is 2.17. The highest BCUT2D eigenvalue weighted by atomic mass is 16.3. The highest BCUT2D eigenvalue weighted by molar-refractivity contribution is 5.78. The Bertz CT molecular complexity index is 262. The summed E-state index contributed by atoms with van der Waals surface area (Å²) >= 11 is 0. The Balaban J connectivity index is 1.70. The number of likely N-dealkylation sites (tertiary alicyclic amines) is 2. The summed E-state index contributed by atoms with van der Waals surface area (Å²) in [5.41, 5.74) is 0. The lowest BCUT2D eigenvalue weighted by Crippen LogP contribution is -2.33. The van der Waals surface area contributed by atoms with Crippen LogP contribution in [0.2, 0.25) is 0 Å². The van der Waals surface area contributed by atoms with Crippen LogP contribution >= 0.6 is 0 Å². The molecule has 0 radical (unpaired) electrons. The van der Waals surface area contributed by atoms with Crippen molar-refractivity contribution in [3.8, 4) is 0 Å². The predicted octanol–water partition coefficient (Wildman–Crippen LogP) is 0.559. The molecule has 0 bridgehead atoms. The minimum Gasteiger partial charge on any atom is -0.396 e. The average molecular weight is 240 g/mol. The molecule has 2 fully saturated rings.